The summed E-state index contributed by atoms with van der Waals surface area (Å²) in [5.41, 5.74) is -5.99. The number of esters is 6. The van der Waals surface area contributed by atoms with Crippen LogP contribution in [-0.4, -0.2) is 123 Å². The van der Waals surface area contributed by atoms with Crippen LogP contribution >= 0.6 is 0 Å². The van der Waals surface area contributed by atoms with Crippen LogP contribution in [0.1, 0.15) is 215 Å². The molecule has 0 spiro atoms. The molecular formula is C88H140N2O18. The lowest BCUT2D eigenvalue weighted by atomic mass is 9.54. The number of phenols is 4. The summed E-state index contributed by atoms with van der Waals surface area (Å²) in [6, 6.07) is 43.0. The minimum absolute atomic E-state index is 0. The molecule has 0 aliphatic rings. The summed E-state index contributed by atoms with van der Waals surface area (Å²) in [5.74, 6) is -9.44. The zero-order chi connectivity index (χ0) is 70.8. The van der Waals surface area contributed by atoms with E-state index in [4.69, 9.17) is 28.4 Å². The van der Waals surface area contributed by atoms with E-state index in [1.165, 1.54) is 64.8 Å². The van der Waals surface area contributed by atoms with E-state index < -0.39 is 127 Å². The first-order chi connectivity index (χ1) is 45.4. The molecule has 0 saturated carbocycles. The average Bonchev–Trinajstić information content (AvgIpc) is 0.737. The van der Waals surface area contributed by atoms with Crippen molar-refractivity contribution < 1.29 is 87.2 Å². The molecule has 8 atom stereocenters. The number of ether oxygens (including phenoxy) is 6. The first-order valence-corrected chi connectivity index (χ1v) is 31.8. The maximum Gasteiger partial charge on any atom is 0.328 e. The molecular weight excluding hydrogens is 1370 g/mol. The van der Waals surface area contributed by atoms with Gasteiger partial charge < -0.3 is 59.5 Å². The number of hydrogen-bond acceptors (Lipinski definition) is 18. The van der Waals surface area contributed by atoms with Gasteiger partial charge in [0.1, 0.15) is 12.1 Å². The van der Waals surface area contributed by atoms with Gasteiger partial charge in [0.2, 0.25) is 11.8 Å². The van der Waals surface area contributed by atoms with Crippen LogP contribution in [0.3, 0.4) is 0 Å². The van der Waals surface area contributed by atoms with E-state index in [0.29, 0.717) is 33.4 Å². The molecule has 0 aromatic heterocycles. The fourth-order valence-corrected chi connectivity index (χ4v) is 14.5. The van der Waals surface area contributed by atoms with Gasteiger partial charge in [0, 0.05) is 34.5 Å². The molecule has 20 nitrogen and oxygen atoms in total. The zero-order valence-corrected chi connectivity index (χ0v) is 56.9. The minimum atomic E-state index is -1.78. The summed E-state index contributed by atoms with van der Waals surface area (Å²) in [7, 11) is 7.21. The van der Waals surface area contributed by atoms with E-state index in [9.17, 15) is 49.2 Å². The second-order valence-corrected chi connectivity index (χ2v) is 26.5. The average molecular weight is 1510 g/mol. The summed E-state index contributed by atoms with van der Waals surface area (Å²) >= 11 is 0. The standard InChI is InChI=1S/C76H92N2O18.12CH4/c1-49(63(83)91-7)43-71(3,69(89)95-11)45-73(5,67(87)77-57(65(85)93-9)39-51-33-35-59(79)61(81)41-51)47-75(53-25-17-13-18-26-53,54-27-19-14-20-28-54)37-38-76(55-29-21-15-22-30-55,56-31-23-16-24-32-56)48-74(6,46-72(4,70(90)96-12)44-50(2)64(84)92-8)68(88)78-58(66(86)94-10)40-52-34-36-60(80)62(82)42-52;;;;;;;;;;;;/h13-36,41-42,49-50,57-58,79-82H,37-40,43-48H2,1-12H3,(H,77,87)(H,78,88);12*1H4. The number of methoxy groups -OCH3 is 6. The lowest BCUT2D eigenvalue weighted by Gasteiger charge is -2.49. The Morgan fingerprint density at radius 2 is 0.583 bits per heavy atom. The third-order valence-corrected chi connectivity index (χ3v) is 18.9. The molecule has 0 radical (unpaired) electrons. The lowest BCUT2D eigenvalue weighted by Crippen LogP contribution is -2.54. The molecule has 20 heteroatoms. The van der Waals surface area contributed by atoms with Crippen LogP contribution in [0.5, 0.6) is 23.0 Å². The van der Waals surface area contributed by atoms with Crippen LogP contribution in [0.4, 0.5) is 0 Å². The van der Waals surface area contributed by atoms with Gasteiger partial charge in [0.25, 0.3) is 0 Å². The molecule has 0 aliphatic heterocycles. The topological polar surface area (TPSA) is 297 Å². The highest BCUT2D eigenvalue weighted by molar-refractivity contribution is 5.91. The van der Waals surface area contributed by atoms with Crippen molar-refractivity contribution in [1.82, 2.24) is 10.6 Å². The van der Waals surface area contributed by atoms with Gasteiger partial charge in [0.05, 0.1) is 65.3 Å². The molecule has 0 heterocycles. The molecule has 6 aromatic rings. The fraction of sp³-hybridized carbons (Fsp3) is 0.500. The fourth-order valence-electron chi connectivity index (χ4n) is 14.5. The van der Waals surface area contributed by atoms with Crippen molar-refractivity contribution in [3.8, 4) is 23.0 Å². The monoisotopic (exact) mass is 1510 g/mol. The van der Waals surface area contributed by atoms with E-state index in [2.05, 4.69) is 10.6 Å². The Morgan fingerprint density at radius 3 is 0.806 bits per heavy atom. The third kappa shape index (κ3) is 26.6. The molecule has 2 amide bonds. The maximum absolute atomic E-state index is 16.4. The Morgan fingerprint density at radius 1 is 0.333 bits per heavy atom. The minimum Gasteiger partial charge on any atom is -0.504 e. The normalized spacial score (nSPS) is 13.6. The van der Waals surface area contributed by atoms with E-state index in [1.54, 1.807) is 41.5 Å². The molecule has 6 rings (SSSR count). The van der Waals surface area contributed by atoms with Crippen LogP contribution in [0, 0.1) is 33.5 Å². The zero-order valence-electron chi connectivity index (χ0n) is 56.9. The molecule has 0 saturated heterocycles. The van der Waals surface area contributed by atoms with E-state index in [-0.39, 0.29) is 153 Å². The van der Waals surface area contributed by atoms with Gasteiger partial charge in [-0.15, -0.1) is 0 Å². The van der Waals surface area contributed by atoms with Gasteiger partial charge in [-0.1, -0.05) is 250 Å². The molecule has 0 aliphatic carbocycles. The number of hydrogen-bond donors (Lipinski definition) is 6. The van der Waals surface area contributed by atoms with Crippen LogP contribution in [0.15, 0.2) is 158 Å². The van der Waals surface area contributed by atoms with Crippen molar-refractivity contribution in [3.63, 3.8) is 0 Å². The van der Waals surface area contributed by atoms with Crippen molar-refractivity contribution in [2.75, 3.05) is 42.7 Å². The van der Waals surface area contributed by atoms with Crippen LogP contribution in [-0.2, 0) is 90.4 Å². The van der Waals surface area contributed by atoms with Crippen LogP contribution < -0.4 is 10.6 Å². The molecule has 6 aromatic carbocycles. The molecule has 0 fully saturated rings. The second kappa shape index (κ2) is 48.6. The second-order valence-electron chi connectivity index (χ2n) is 26.5. The number of aromatic hydroxyl groups is 4. The van der Waals surface area contributed by atoms with Crippen molar-refractivity contribution in [1.29, 1.82) is 0 Å². The quantitative estimate of drug-likeness (QED) is 0.0127. The lowest BCUT2D eigenvalue weighted by molar-refractivity contribution is -0.161. The predicted octanol–water partition coefficient (Wildman–Crippen LogP) is 18.3. The highest BCUT2D eigenvalue weighted by Gasteiger charge is 2.56. The Kier molecular flexibility index (Phi) is 50.2. The number of phenolic OH excluding ortho intramolecular Hbond substituents is 4. The number of carbonyl (C=O) groups is 8. The predicted molar refractivity (Wildman–Crippen MR) is 439 cm³/mol. The van der Waals surface area contributed by atoms with Gasteiger partial charge >= 0.3 is 35.8 Å². The van der Waals surface area contributed by atoms with Gasteiger partial charge in [-0.3, -0.25) is 28.8 Å². The Bertz CT molecular complexity index is 3350. The Hall–Kier alpha value is -9.72. The number of nitrogens with one attached hydrogen (secondary N) is 2. The summed E-state index contributed by atoms with van der Waals surface area (Å²) in [5, 5.41) is 47.7. The Balaban J connectivity index is -0.00000170. The number of rotatable bonds is 33. The molecule has 0 bridgehead atoms. The van der Waals surface area contributed by atoms with E-state index in [1.807, 2.05) is 121 Å². The van der Waals surface area contributed by atoms with Crippen LogP contribution in [0.2, 0.25) is 0 Å². The van der Waals surface area contributed by atoms with Gasteiger partial charge in [-0.25, -0.2) is 9.59 Å². The largest absolute Gasteiger partial charge is 0.504 e. The molecule has 108 heavy (non-hydrogen) atoms. The molecule has 610 valence electrons. The summed E-state index contributed by atoms with van der Waals surface area (Å²) < 4.78 is 32.1. The highest BCUT2D eigenvalue weighted by atomic mass is 16.5. The Labute approximate surface area is 650 Å². The van der Waals surface area contributed by atoms with Crippen molar-refractivity contribution in [2.24, 2.45) is 33.5 Å². The number of benzene rings is 6. The first kappa shape index (κ1) is 112. The van der Waals surface area contributed by atoms with Crippen molar-refractivity contribution in [3.05, 3.63) is 191 Å². The molecule has 6 N–H and O–H groups in total. The van der Waals surface area contributed by atoms with E-state index in [0.717, 1.165) is 14.2 Å². The number of amides is 2. The van der Waals surface area contributed by atoms with Crippen LogP contribution in [0.25, 0.3) is 0 Å². The van der Waals surface area contributed by atoms with Gasteiger partial charge in [-0.2, -0.15) is 0 Å². The summed E-state index contributed by atoms with van der Waals surface area (Å²) in [4.78, 5) is 117. The first-order valence-electron chi connectivity index (χ1n) is 31.8. The van der Waals surface area contributed by atoms with Crippen molar-refractivity contribution >= 4 is 47.6 Å². The summed E-state index contributed by atoms with van der Waals surface area (Å²) in [6.07, 6.45) is -1.46. The highest BCUT2D eigenvalue weighted by Crippen LogP contribution is 2.56. The van der Waals surface area contributed by atoms with Gasteiger partial charge in [0.15, 0.2) is 23.0 Å². The van der Waals surface area contributed by atoms with Crippen molar-refractivity contribution in [2.45, 2.75) is 218 Å². The maximum atomic E-state index is 16.4. The number of carbonyl (C=O) groups excluding carboxylic acids is 8. The van der Waals surface area contributed by atoms with E-state index >= 15 is 9.59 Å². The SMILES string of the molecule is C.C.C.C.C.C.C.C.C.C.C.C.COC(=O)C(C)CC(C)(CC(C)(CC(CCC(CC(C)(CC(C)(CC(C)C(=O)OC)C(=O)OC)C(=O)NC(Cc1ccc(O)c(O)c1)C(=O)OC)(c1ccccc1)c1ccccc1)(c1ccccc1)c1ccccc1)C(=O)NC(Cc1ccc(O)c(O)c1)C(=O)OC)C(=O)OC. The molecule has 8 unspecified atom stereocenters. The summed E-state index contributed by atoms with van der Waals surface area (Å²) in [6.45, 7) is 9.82. The third-order valence-electron chi connectivity index (χ3n) is 18.9. The smallest absolute Gasteiger partial charge is 0.328 e. The van der Waals surface area contributed by atoms with Gasteiger partial charge in [-0.05, 0) is 123 Å².